The van der Waals surface area contributed by atoms with Gasteiger partial charge in [-0.05, 0) is 0 Å². The average Bonchev–Trinajstić information content (AvgIpc) is 0. The number of hydrogen-bond donors (Lipinski definition) is 0. The molecule has 0 saturated heterocycles. The zero-order valence-corrected chi connectivity index (χ0v) is 13.1. The maximum absolute atomic E-state index is 0. The fourth-order valence-corrected chi connectivity index (χ4v) is 0. The molecule has 0 spiro atoms. The molecule has 0 aliphatic carbocycles. The quantitative estimate of drug-likeness (QED) is 0.273. The minimum atomic E-state index is 0. The SMILES string of the molecule is [H-].[H-].[H-].[H-].[K+].[Na+].[Na+].[Na+]. The Morgan fingerprint density at radius 1 is 0.750 bits per heavy atom. The summed E-state index contributed by atoms with van der Waals surface area (Å²) in [5, 5.41) is 0. The van der Waals surface area contributed by atoms with Crippen molar-refractivity contribution in [1.29, 1.82) is 0 Å². The second-order valence-electron chi connectivity index (χ2n) is 0. The molecule has 0 bridgehead atoms. The average molecular weight is 112 g/mol. The van der Waals surface area contributed by atoms with Crippen molar-refractivity contribution >= 4 is 0 Å². The van der Waals surface area contributed by atoms with Gasteiger partial charge in [0.15, 0.2) is 0 Å². The maximum atomic E-state index is 0. The van der Waals surface area contributed by atoms with Crippen LogP contribution in [-0.4, -0.2) is 0 Å². The van der Waals surface area contributed by atoms with Gasteiger partial charge in [0.1, 0.15) is 0 Å². The van der Waals surface area contributed by atoms with Gasteiger partial charge in [0, 0.05) is 0 Å². The van der Waals surface area contributed by atoms with Crippen molar-refractivity contribution in [2.24, 2.45) is 0 Å². The molecule has 0 aromatic heterocycles. The van der Waals surface area contributed by atoms with Gasteiger partial charge in [0.05, 0.1) is 0 Å². The van der Waals surface area contributed by atoms with Crippen LogP contribution in [-0.2, 0) is 0 Å². The summed E-state index contributed by atoms with van der Waals surface area (Å²) in [6, 6.07) is 0. The summed E-state index contributed by atoms with van der Waals surface area (Å²) in [6.07, 6.45) is 0. The molecule has 0 N–H and O–H groups in total. The van der Waals surface area contributed by atoms with E-state index in [4.69, 9.17) is 0 Å². The smallest absolute Gasteiger partial charge is 1.00 e. The van der Waals surface area contributed by atoms with Crippen molar-refractivity contribution in [1.82, 2.24) is 0 Å². The van der Waals surface area contributed by atoms with Gasteiger partial charge in [-0.25, -0.2) is 0 Å². The Morgan fingerprint density at radius 2 is 0.750 bits per heavy atom. The zero-order valence-electron chi connectivity index (χ0n) is 8.00. The van der Waals surface area contributed by atoms with E-state index >= 15 is 0 Å². The van der Waals surface area contributed by atoms with E-state index in [-0.39, 0.29) is 146 Å². The van der Waals surface area contributed by atoms with Crippen molar-refractivity contribution in [3.63, 3.8) is 0 Å². The molecule has 0 saturated carbocycles. The third-order valence-corrected chi connectivity index (χ3v) is 0. The summed E-state index contributed by atoms with van der Waals surface area (Å²) < 4.78 is 0. The third kappa shape index (κ3) is 9.81. The van der Waals surface area contributed by atoms with E-state index in [0.717, 1.165) is 0 Å². The molecule has 0 heterocycles. The van der Waals surface area contributed by atoms with Gasteiger partial charge in [-0.15, -0.1) is 0 Å². The molecule has 0 unspecified atom stereocenters. The molecule has 0 atom stereocenters. The van der Waals surface area contributed by atoms with E-state index < -0.39 is 0 Å². The van der Waals surface area contributed by atoms with Crippen LogP contribution in [0, 0.1) is 0 Å². The molecule has 0 aromatic carbocycles. The minimum Gasteiger partial charge on any atom is -1.00 e. The van der Waals surface area contributed by atoms with Crippen LogP contribution in [0.3, 0.4) is 0 Å². The summed E-state index contributed by atoms with van der Waals surface area (Å²) in [6.45, 7) is 0. The number of rotatable bonds is 0. The van der Waals surface area contributed by atoms with Gasteiger partial charge in [0.25, 0.3) is 0 Å². The van der Waals surface area contributed by atoms with E-state index in [1.807, 2.05) is 0 Å². The van der Waals surface area contributed by atoms with Crippen molar-refractivity contribution in [3.05, 3.63) is 0 Å². The Morgan fingerprint density at radius 3 is 0.750 bits per heavy atom. The van der Waals surface area contributed by atoms with Gasteiger partial charge in [-0.1, -0.05) is 0 Å². The molecule has 0 aliphatic heterocycles. The van der Waals surface area contributed by atoms with E-state index in [1.54, 1.807) is 0 Å². The molecule has 4 heavy (non-hydrogen) atoms. The summed E-state index contributed by atoms with van der Waals surface area (Å²) >= 11 is 0. The second-order valence-corrected chi connectivity index (χ2v) is 0. The molecule has 0 aromatic rings. The first-order chi connectivity index (χ1) is 0. The van der Waals surface area contributed by atoms with Crippen molar-refractivity contribution < 1.29 is 146 Å². The second kappa shape index (κ2) is 15.6. The molecular formula is H4KNa3. The first kappa shape index (κ1) is 23.4. The molecule has 0 fully saturated rings. The van der Waals surface area contributed by atoms with Crippen LogP contribution in [0.4, 0.5) is 0 Å². The van der Waals surface area contributed by atoms with Crippen LogP contribution in [0.15, 0.2) is 0 Å². The maximum Gasteiger partial charge on any atom is 1.00 e. The van der Waals surface area contributed by atoms with E-state index in [2.05, 4.69) is 0 Å². The Balaban J connectivity index is 0. The third-order valence-electron chi connectivity index (χ3n) is 0. The largest absolute Gasteiger partial charge is 1.00 e. The Hall–Kier alpha value is 4.64. The van der Waals surface area contributed by atoms with Gasteiger partial charge in [-0.2, -0.15) is 0 Å². The van der Waals surface area contributed by atoms with Crippen LogP contribution in [0.2, 0.25) is 0 Å². The van der Waals surface area contributed by atoms with E-state index in [0.29, 0.717) is 0 Å². The Bertz CT molecular complexity index is 11.2. The van der Waals surface area contributed by atoms with Crippen LogP contribution in [0.1, 0.15) is 5.71 Å². The fourth-order valence-electron chi connectivity index (χ4n) is 0. The Kier molecular flexibility index (Phi) is 91.6. The molecule has 0 aliphatic rings. The molecule has 0 amide bonds. The molecule has 8 valence electrons. The molecule has 0 nitrogen and oxygen atoms in total. The first-order valence-corrected chi connectivity index (χ1v) is 0. The van der Waals surface area contributed by atoms with Crippen molar-refractivity contribution in [3.8, 4) is 0 Å². The summed E-state index contributed by atoms with van der Waals surface area (Å²) in [7, 11) is 0. The predicted octanol–water partition coefficient (Wildman–Crippen LogP) is -11.5. The van der Waals surface area contributed by atoms with Gasteiger partial charge in [-0.3, -0.25) is 0 Å². The van der Waals surface area contributed by atoms with Crippen molar-refractivity contribution in [2.75, 3.05) is 0 Å². The first-order valence-electron chi connectivity index (χ1n) is 0. The summed E-state index contributed by atoms with van der Waals surface area (Å²) in [5.74, 6) is 0. The van der Waals surface area contributed by atoms with Crippen LogP contribution in [0.25, 0.3) is 0 Å². The minimum absolute atomic E-state index is 0. The van der Waals surface area contributed by atoms with E-state index in [1.165, 1.54) is 0 Å². The predicted molar refractivity (Wildman–Crippen MR) is 4.45 cm³/mol. The van der Waals surface area contributed by atoms with Gasteiger partial charge >= 0.3 is 140 Å². The normalized spacial score (nSPS) is 0. The summed E-state index contributed by atoms with van der Waals surface area (Å²) in [5.41, 5.74) is 0. The Labute approximate surface area is 141 Å². The van der Waals surface area contributed by atoms with Crippen LogP contribution in [0.5, 0.6) is 0 Å². The molecule has 0 rings (SSSR count). The van der Waals surface area contributed by atoms with Crippen LogP contribution < -0.4 is 140 Å². The zero-order chi connectivity index (χ0) is 0. The topological polar surface area (TPSA) is 0 Å². The van der Waals surface area contributed by atoms with Gasteiger partial charge in [0.2, 0.25) is 0 Å². The monoisotopic (exact) mass is 112 g/mol. The summed E-state index contributed by atoms with van der Waals surface area (Å²) in [4.78, 5) is 0. The van der Waals surface area contributed by atoms with Crippen LogP contribution >= 0.6 is 0 Å². The molecule has 0 radical (unpaired) electrons. The van der Waals surface area contributed by atoms with Crippen molar-refractivity contribution in [2.45, 2.75) is 0 Å². The molecule has 4 heteroatoms. The van der Waals surface area contributed by atoms with E-state index in [9.17, 15) is 0 Å². The molecular weight excluding hydrogens is 108 g/mol. The fraction of sp³-hybridized carbons (Fsp3) is 0. The number of hydrogen-bond acceptors (Lipinski definition) is 0. The standard InChI is InChI=1S/K.3Na.4H/q4*+1;4*-1. The van der Waals surface area contributed by atoms with Gasteiger partial charge < -0.3 is 5.71 Å².